The fraction of sp³-hybridized carbons (Fsp3) is 0.346. The first-order valence-corrected chi connectivity index (χ1v) is 11.5. The van der Waals surface area contributed by atoms with E-state index in [1.165, 1.54) is 5.56 Å². The first-order valence-electron chi connectivity index (χ1n) is 11.5. The quantitative estimate of drug-likeness (QED) is 0.449. The Morgan fingerprint density at radius 3 is 2.73 bits per heavy atom. The number of guanidine groups is 1. The van der Waals surface area contributed by atoms with E-state index in [4.69, 9.17) is 0 Å². The molecular formula is C26H32N6O. The van der Waals surface area contributed by atoms with Gasteiger partial charge in [-0.2, -0.15) is 5.10 Å². The maximum absolute atomic E-state index is 12.3. The van der Waals surface area contributed by atoms with Gasteiger partial charge in [0.05, 0.1) is 0 Å². The zero-order valence-electron chi connectivity index (χ0n) is 19.3. The van der Waals surface area contributed by atoms with Crippen molar-refractivity contribution in [2.45, 2.75) is 32.4 Å². The predicted molar refractivity (Wildman–Crippen MR) is 132 cm³/mol. The van der Waals surface area contributed by atoms with Crippen molar-refractivity contribution >= 4 is 17.6 Å². The highest BCUT2D eigenvalue weighted by molar-refractivity contribution is 5.90. The third kappa shape index (κ3) is 6.00. The third-order valence-corrected chi connectivity index (χ3v) is 6.17. The van der Waals surface area contributed by atoms with Crippen LogP contribution in [0.15, 0.2) is 78.0 Å². The fourth-order valence-corrected chi connectivity index (χ4v) is 4.55. The molecule has 0 radical (unpaired) electrons. The molecule has 1 aromatic heterocycles. The monoisotopic (exact) mass is 444 g/mol. The lowest BCUT2D eigenvalue weighted by Gasteiger charge is -2.39. The molecule has 0 spiro atoms. The number of nitrogens with zero attached hydrogens (tertiary/aromatic N) is 4. The van der Waals surface area contributed by atoms with Crippen molar-refractivity contribution < 1.29 is 4.79 Å². The number of amides is 1. The first-order chi connectivity index (χ1) is 16.1. The van der Waals surface area contributed by atoms with Crippen molar-refractivity contribution in [3.05, 3.63) is 84.2 Å². The summed E-state index contributed by atoms with van der Waals surface area (Å²) in [5, 5.41) is 10.5. The van der Waals surface area contributed by atoms with Gasteiger partial charge in [0.1, 0.15) is 6.54 Å². The lowest BCUT2D eigenvalue weighted by molar-refractivity contribution is -0.116. The number of likely N-dealkylation sites (tertiary alicyclic amines) is 1. The Kier molecular flexibility index (Phi) is 7.40. The van der Waals surface area contributed by atoms with E-state index in [1.807, 2.05) is 31.3 Å². The molecule has 7 nitrogen and oxygen atoms in total. The molecule has 2 atom stereocenters. The van der Waals surface area contributed by atoms with Crippen LogP contribution in [0.1, 0.15) is 30.4 Å². The molecule has 1 amide bonds. The summed E-state index contributed by atoms with van der Waals surface area (Å²) in [6.07, 6.45) is 4.55. The molecule has 2 aromatic carbocycles. The van der Waals surface area contributed by atoms with E-state index in [2.05, 4.69) is 62.9 Å². The van der Waals surface area contributed by atoms with Crippen LogP contribution in [-0.4, -0.2) is 46.7 Å². The minimum atomic E-state index is -0.102. The van der Waals surface area contributed by atoms with Crippen molar-refractivity contribution in [3.63, 3.8) is 0 Å². The van der Waals surface area contributed by atoms with Gasteiger partial charge in [-0.05, 0) is 47.6 Å². The van der Waals surface area contributed by atoms with Crippen molar-refractivity contribution in [3.8, 4) is 0 Å². The van der Waals surface area contributed by atoms with Crippen LogP contribution in [0.25, 0.3) is 0 Å². The van der Waals surface area contributed by atoms with Gasteiger partial charge in [0.25, 0.3) is 0 Å². The molecule has 3 aromatic rings. The van der Waals surface area contributed by atoms with Crippen LogP contribution in [0.3, 0.4) is 0 Å². The van der Waals surface area contributed by atoms with Crippen LogP contribution in [0, 0.1) is 5.92 Å². The van der Waals surface area contributed by atoms with E-state index in [-0.39, 0.29) is 12.5 Å². The lowest BCUT2D eigenvalue weighted by Crippen LogP contribution is -2.47. The van der Waals surface area contributed by atoms with Gasteiger partial charge in [-0.15, -0.1) is 0 Å². The molecule has 2 heterocycles. The van der Waals surface area contributed by atoms with Crippen molar-refractivity contribution in [2.24, 2.45) is 10.9 Å². The fourth-order valence-electron chi connectivity index (χ4n) is 4.55. The van der Waals surface area contributed by atoms with Crippen LogP contribution in [0.2, 0.25) is 0 Å². The number of aliphatic imine (C=N–C) groups is 1. The maximum atomic E-state index is 12.3. The van der Waals surface area contributed by atoms with Gasteiger partial charge < -0.3 is 15.5 Å². The number of aromatic nitrogens is 2. The van der Waals surface area contributed by atoms with Crippen molar-refractivity contribution in [1.29, 1.82) is 0 Å². The zero-order chi connectivity index (χ0) is 23.0. The molecule has 0 aliphatic carbocycles. The molecule has 2 unspecified atom stereocenters. The molecule has 2 N–H and O–H groups in total. The van der Waals surface area contributed by atoms with Crippen LogP contribution in [0.5, 0.6) is 0 Å². The van der Waals surface area contributed by atoms with E-state index >= 15 is 0 Å². The Labute approximate surface area is 195 Å². The molecule has 1 saturated heterocycles. The summed E-state index contributed by atoms with van der Waals surface area (Å²) in [4.78, 5) is 19.1. The predicted octanol–water partition coefficient (Wildman–Crippen LogP) is 3.72. The van der Waals surface area contributed by atoms with Gasteiger partial charge in [-0.25, -0.2) is 0 Å². The van der Waals surface area contributed by atoms with Gasteiger partial charge in [-0.3, -0.25) is 14.5 Å². The minimum Gasteiger partial charge on any atom is -0.352 e. The summed E-state index contributed by atoms with van der Waals surface area (Å²) in [5.74, 6) is 1.95. The summed E-state index contributed by atoms with van der Waals surface area (Å²) >= 11 is 0. The number of anilines is 1. The second-order valence-electron chi connectivity index (χ2n) is 8.58. The standard InChI is InChI=1S/C26H32N6O/c1-20-18-31(15-12-24(20)22-9-4-3-5-10-22)26(27-2)28-17-21-8-6-11-23(16-21)30-25(33)19-32-14-7-13-29-32/h3-11,13-14,16,20,24H,12,15,17-19H2,1-2H3,(H,27,28)(H,30,33). The van der Waals surface area contributed by atoms with E-state index < -0.39 is 0 Å². The zero-order valence-corrected chi connectivity index (χ0v) is 19.3. The molecular weight excluding hydrogens is 412 g/mol. The number of rotatable bonds is 6. The van der Waals surface area contributed by atoms with E-state index in [1.54, 1.807) is 23.1 Å². The van der Waals surface area contributed by atoms with Crippen LogP contribution < -0.4 is 10.6 Å². The Morgan fingerprint density at radius 1 is 1.15 bits per heavy atom. The van der Waals surface area contributed by atoms with Gasteiger partial charge in [-0.1, -0.05) is 49.4 Å². The largest absolute Gasteiger partial charge is 0.352 e. The maximum Gasteiger partial charge on any atom is 0.246 e. The molecule has 1 aliphatic rings. The molecule has 1 aliphatic heterocycles. The highest BCUT2D eigenvalue weighted by Gasteiger charge is 2.28. The van der Waals surface area contributed by atoms with Crippen molar-refractivity contribution in [2.75, 3.05) is 25.5 Å². The SMILES string of the molecule is CN=C(NCc1cccc(NC(=O)Cn2cccn2)c1)N1CCC(c2ccccc2)C(C)C1. The summed E-state index contributed by atoms with van der Waals surface area (Å²) in [5.41, 5.74) is 3.29. The normalized spacial score (nSPS) is 18.7. The molecule has 33 heavy (non-hydrogen) atoms. The highest BCUT2D eigenvalue weighted by Crippen LogP contribution is 2.32. The number of benzene rings is 2. The van der Waals surface area contributed by atoms with Gasteiger partial charge in [0.2, 0.25) is 5.91 Å². The number of carbonyl (C=O) groups is 1. The third-order valence-electron chi connectivity index (χ3n) is 6.17. The highest BCUT2D eigenvalue weighted by atomic mass is 16.2. The molecule has 0 bridgehead atoms. The smallest absolute Gasteiger partial charge is 0.246 e. The Morgan fingerprint density at radius 2 is 2.00 bits per heavy atom. The summed E-state index contributed by atoms with van der Waals surface area (Å²) in [7, 11) is 1.84. The molecule has 4 rings (SSSR count). The van der Waals surface area contributed by atoms with Gasteiger partial charge in [0.15, 0.2) is 5.96 Å². The van der Waals surface area contributed by atoms with Crippen LogP contribution in [-0.2, 0) is 17.9 Å². The second-order valence-corrected chi connectivity index (χ2v) is 8.58. The topological polar surface area (TPSA) is 74.5 Å². The molecule has 1 fully saturated rings. The molecule has 7 heteroatoms. The summed E-state index contributed by atoms with van der Waals surface area (Å²) in [6, 6.07) is 20.5. The van der Waals surface area contributed by atoms with Gasteiger partial charge in [0, 0.05) is 44.8 Å². The van der Waals surface area contributed by atoms with Crippen LogP contribution in [0.4, 0.5) is 5.69 Å². The molecule has 172 valence electrons. The average Bonchev–Trinajstić information content (AvgIpc) is 3.33. The Hall–Kier alpha value is -3.61. The average molecular weight is 445 g/mol. The number of hydrogen-bond donors (Lipinski definition) is 2. The Bertz CT molecular complexity index is 1060. The minimum absolute atomic E-state index is 0.102. The van der Waals surface area contributed by atoms with Crippen molar-refractivity contribution in [1.82, 2.24) is 20.0 Å². The number of piperidine rings is 1. The van der Waals surface area contributed by atoms with Crippen LogP contribution >= 0.6 is 0 Å². The number of nitrogens with one attached hydrogen (secondary N) is 2. The summed E-state index contributed by atoms with van der Waals surface area (Å²) in [6.45, 7) is 5.12. The van der Waals surface area contributed by atoms with Gasteiger partial charge >= 0.3 is 0 Å². The summed E-state index contributed by atoms with van der Waals surface area (Å²) < 4.78 is 1.60. The van der Waals surface area contributed by atoms with E-state index in [9.17, 15) is 4.79 Å². The first kappa shape index (κ1) is 22.6. The second kappa shape index (κ2) is 10.8. The molecule has 0 saturated carbocycles. The Balaban J connectivity index is 1.31. The lowest BCUT2D eigenvalue weighted by atomic mass is 9.82. The number of carbonyl (C=O) groups excluding carboxylic acids is 1. The van der Waals surface area contributed by atoms with E-state index in [0.717, 1.165) is 36.7 Å². The van der Waals surface area contributed by atoms with E-state index in [0.29, 0.717) is 18.4 Å². The number of hydrogen-bond acceptors (Lipinski definition) is 3.